The fourth-order valence-corrected chi connectivity index (χ4v) is 3.28. The second-order valence-corrected chi connectivity index (χ2v) is 6.56. The molecular formula is C18H22F2N2O2. The quantitative estimate of drug-likeness (QED) is 0.855. The van der Waals surface area contributed by atoms with Crippen molar-refractivity contribution < 1.29 is 18.0 Å². The lowest BCUT2D eigenvalue weighted by Gasteiger charge is -2.29. The first-order valence-corrected chi connectivity index (χ1v) is 8.28. The molecule has 0 aliphatic heterocycles. The molecule has 0 spiro atoms. The summed E-state index contributed by atoms with van der Waals surface area (Å²) in [6, 6.07) is 6.86. The number of fused-ring (bicyclic) bond motifs is 1. The summed E-state index contributed by atoms with van der Waals surface area (Å²) in [6.07, 6.45) is 0.267. The topological polar surface area (TPSA) is 54.3 Å². The van der Waals surface area contributed by atoms with Crippen LogP contribution in [0.4, 0.5) is 13.6 Å². The molecule has 0 saturated heterocycles. The monoisotopic (exact) mass is 336 g/mol. The van der Waals surface area contributed by atoms with E-state index in [1.165, 1.54) is 0 Å². The maximum atomic E-state index is 13.2. The number of halogens is 2. The van der Waals surface area contributed by atoms with E-state index in [1.807, 2.05) is 38.1 Å². The Morgan fingerprint density at radius 3 is 2.62 bits per heavy atom. The van der Waals surface area contributed by atoms with Crippen LogP contribution in [0.2, 0.25) is 0 Å². The van der Waals surface area contributed by atoms with Crippen LogP contribution in [0, 0.1) is 6.92 Å². The first-order valence-electron chi connectivity index (χ1n) is 8.28. The minimum atomic E-state index is -2.59. The lowest BCUT2D eigenvalue weighted by Crippen LogP contribution is -2.45. The SMILES string of the molecule is Cc1c([C@@H](C)NC(=O)NC2CCC(F)(F)CC2)oc2ccccc12. The van der Waals surface area contributed by atoms with Gasteiger partial charge in [-0.3, -0.25) is 0 Å². The van der Waals surface area contributed by atoms with Gasteiger partial charge in [0.25, 0.3) is 0 Å². The number of rotatable bonds is 3. The Balaban J connectivity index is 1.60. The van der Waals surface area contributed by atoms with Crippen molar-refractivity contribution >= 4 is 17.0 Å². The highest BCUT2D eigenvalue weighted by atomic mass is 19.3. The van der Waals surface area contributed by atoms with Crippen molar-refractivity contribution in [3.05, 3.63) is 35.6 Å². The number of carbonyl (C=O) groups excluding carboxylic acids is 1. The summed E-state index contributed by atoms with van der Waals surface area (Å²) in [4.78, 5) is 12.1. The molecule has 1 saturated carbocycles. The fraction of sp³-hybridized carbons (Fsp3) is 0.500. The number of urea groups is 1. The third kappa shape index (κ3) is 3.52. The molecule has 130 valence electrons. The molecule has 3 rings (SSSR count). The van der Waals surface area contributed by atoms with E-state index in [0.717, 1.165) is 16.5 Å². The number of aryl methyl sites for hydroxylation is 1. The number of furan rings is 1. The number of nitrogens with one attached hydrogen (secondary N) is 2. The summed E-state index contributed by atoms with van der Waals surface area (Å²) in [6.45, 7) is 3.81. The minimum absolute atomic E-state index is 0.170. The van der Waals surface area contributed by atoms with Crippen LogP contribution in [0.5, 0.6) is 0 Å². The third-order valence-electron chi connectivity index (χ3n) is 4.67. The molecule has 2 N–H and O–H groups in total. The van der Waals surface area contributed by atoms with Crippen molar-refractivity contribution in [3.63, 3.8) is 0 Å². The number of carbonyl (C=O) groups is 1. The van der Waals surface area contributed by atoms with Gasteiger partial charge in [0.1, 0.15) is 11.3 Å². The van der Waals surface area contributed by atoms with Gasteiger partial charge in [-0.2, -0.15) is 0 Å². The molecule has 0 unspecified atom stereocenters. The van der Waals surface area contributed by atoms with Crippen LogP contribution in [0.25, 0.3) is 11.0 Å². The Morgan fingerprint density at radius 2 is 1.96 bits per heavy atom. The highest BCUT2D eigenvalue weighted by Crippen LogP contribution is 2.33. The van der Waals surface area contributed by atoms with Gasteiger partial charge in [0.2, 0.25) is 5.92 Å². The summed E-state index contributed by atoms with van der Waals surface area (Å²) in [5.41, 5.74) is 1.78. The summed E-state index contributed by atoms with van der Waals surface area (Å²) in [5.74, 6) is -1.88. The van der Waals surface area contributed by atoms with Crippen molar-refractivity contribution in [1.29, 1.82) is 0 Å². The van der Waals surface area contributed by atoms with Crippen LogP contribution >= 0.6 is 0 Å². The van der Waals surface area contributed by atoms with Crippen molar-refractivity contribution in [2.24, 2.45) is 0 Å². The van der Waals surface area contributed by atoms with Gasteiger partial charge in [-0.25, -0.2) is 13.6 Å². The van der Waals surface area contributed by atoms with Crippen molar-refractivity contribution in [2.75, 3.05) is 0 Å². The van der Waals surface area contributed by atoms with Crippen molar-refractivity contribution in [1.82, 2.24) is 10.6 Å². The van der Waals surface area contributed by atoms with Gasteiger partial charge in [0.15, 0.2) is 0 Å². The van der Waals surface area contributed by atoms with Crippen LogP contribution in [0.3, 0.4) is 0 Å². The molecular weight excluding hydrogens is 314 g/mol. The molecule has 1 aliphatic carbocycles. The van der Waals surface area contributed by atoms with Crippen LogP contribution in [0.15, 0.2) is 28.7 Å². The van der Waals surface area contributed by atoms with E-state index in [1.54, 1.807) is 0 Å². The molecule has 4 nitrogen and oxygen atoms in total. The van der Waals surface area contributed by atoms with Crippen LogP contribution in [0.1, 0.15) is 50.0 Å². The number of hydrogen-bond acceptors (Lipinski definition) is 2. The smallest absolute Gasteiger partial charge is 0.315 e. The molecule has 0 radical (unpaired) electrons. The van der Waals surface area contributed by atoms with Crippen LogP contribution in [-0.4, -0.2) is 18.0 Å². The normalized spacial score (nSPS) is 19.2. The molecule has 6 heteroatoms. The average Bonchev–Trinajstić information content (AvgIpc) is 2.87. The molecule has 1 fully saturated rings. The van der Waals surface area contributed by atoms with E-state index in [0.29, 0.717) is 18.6 Å². The number of amides is 2. The van der Waals surface area contributed by atoms with Crippen LogP contribution in [-0.2, 0) is 0 Å². The van der Waals surface area contributed by atoms with Gasteiger partial charge in [-0.15, -0.1) is 0 Å². The first kappa shape index (κ1) is 16.7. The lowest BCUT2D eigenvalue weighted by atomic mass is 9.92. The van der Waals surface area contributed by atoms with E-state index in [4.69, 9.17) is 4.42 Å². The van der Waals surface area contributed by atoms with Gasteiger partial charge < -0.3 is 15.1 Å². The largest absolute Gasteiger partial charge is 0.459 e. The zero-order chi connectivity index (χ0) is 17.3. The lowest BCUT2D eigenvalue weighted by molar-refractivity contribution is -0.0395. The predicted octanol–water partition coefficient (Wildman–Crippen LogP) is 4.68. The molecule has 1 atom stereocenters. The number of hydrogen-bond donors (Lipinski definition) is 2. The molecule has 2 amide bonds. The zero-order valence-corrected chi connectivity index (χ0v) is 13.9. The second-order valence-electron chi connectivity index (χ2n) is 6.56. The Hall–Kier alpha value is -2.11. The van der Waals surface area contributed by atoms with Gasteiger partial charge in [0, 0.05) is 29.8 Å². The van der Waals surface area contributed by atoms with E-state index in [9.17, 15) is 13.6 Å². The fourth-order valence-electron chi connectivity index (χ4n) is 3.28. The van der Waals surface area contributed by atoms with Crippen LogP contribution < -0.4 is 10.6 Å². The van der Waals surface area contributed by atoms with Gasteiger partial charge in [0.05, 0.1) is 6.04 Å². The van der Waals surface area contributed by atoms with Crippen molar-refractivity contribution in [3.8, 4) is 0 Å². The number of para-hydroxylation sites is 1. The van der Waals surface area contributed by atoms with E-state index in [-0.39, 0.29) is 31.0 Å². The maximum Gasteiger partial charge on any atom is 0.315 e. The first-order chi connectivity index (χ1) is 11.4. The summed E-state index contributed by atoms with van der Waals surface area (Å²) in [5, 5.41) is 6.64. The summed E-state index contributed by atoms with van der Waals surface area (Å²) < 4.78 is 32.1. The standard InChI is InChI=1S/C18H22F2N2O2/c1-11-14-5-3-4-6-15(14)24-16(11)12(2)21-17(23)22-13-7-9-18(19,20)10-8-13/h3-6,12-13H,7-10H2,1-2H3,(H2,21,22,23)/t12-/m1/s1. The van der Waals surface area contributed by atoms with E-state index in [2.05, 4.69) is 10.6 Å². The van der Waals surface area contributed by atoms with Crippen molar-refractivity contribution in [2.45, 2.75) is 57.5 Å². The average molecular weight is 336 g/mol. The van der Waals surface area contributed by atoms with E-state index < -0.39 is 5.92 Å². The van der Waals surface area contributed by atoms with Gasteiger partial charge in [-0.05, 0) is 32.8 Å². The Kier molecular flexibility index (Phi) is 4.47. The molecule has 1 aromatic heterocycles. The van der Waals surface area contributed by atoms with Gasteiger partial charge >= 0.3 is 6.03 Å². The highest BCUT2D eigenvalue weighted by molar-refractivity contribution is 5.82. The minimum Gasteiger partial charge on any atom is -0.459 e. The molecule has 2 aromatic rings. The Labute approximate surface area is 139 Å². The second kappa shape index (κ2) is 6.42. The Morgan fingerprint density at radius 1 is 1.29 bits per heavy atom. The summed E-state index contributed by atoms with van der Waals surface area (Å²) >= 11 is 0. The highest BCUT2D eigenvalue weighted by Gasteiger charge is 2.35. The van der Waals surface area contributed by atoms with E-state index >= 15 is 0 Å². The maximum absolute atomic E-state index is 13.2. The number of benzene rings is 1. The Bertz CT molecular complexity index is 732. The molecule has 1 heterocycles. The molecule has 1 aliphatic rings. The molecule has 1 aromatic carbocycles. The predicted molar refractivity (Wildman–Crippen MR) is 88.2 cm³/mol. The molecule has 24 heavy (non-hydrogen) atoms. The molecule has 0 bridgehead atoms. The third-order valence-corrected chi connectivity index (χ3v) is 4.67. The zero-order valence-electron chi connectivity index (χ0n) is 13.9. The summed E-state index contributed by atoms with van der Waals surface area (Å²) in [7, 11) is 0. The van der Waals surface area contributed by atoms with Gasteiger partial charge in [-0.1, -0.05) is 18.2 Å². The number of alkyl halides is 2.